The van der Waals surface area contributed by atoms with Gasteiger partial charge in [-0.3, -0.25) is 14.5 Å². The summed E-state index contributed by atoms with van der Waals surface area (Å²) in [4.78, 5) is 28.5. The Morgan fingerprint density at radius 3 is 2.62 bits per heavy atom. The number of hydrogen-bond acceptors (Lipinski definition) is 5. The lowest BCUT2D eigenvalue weighted by Crippen LogP contribution is -2.44. The molecule has 0 spiro atoms. The van der Waals surface area contributed by atoms with Crippen LogP contribution in [0.5, 0.6) is 5.75 Å². The van der Waals surface area contributed by atoms with Crippen LogP contribution in [0.25, 0.3) is 0 Å². The van der Waals surface area contributed by atoms with Gasteiger partial charge in [-0.1, -0.05) is 12.8 Å². The van der Waals surface area contributed by atoms with Gasteiger partial charge in [-0.25, -0.2) is 0 Å². The van der Waals surface area contributed by atoms with Crippen molar-refractivity contribution in [1.29, 1.82) is 0 Å². The molecule has 2 saturated heterocycles. The Bertz CT molecular complexity index is 620. The normalized spacial score (nSPS) is 23.0. The number of hydrogen-bond donors (Lipinski definition) is 1. The largest absolute Gasteiger partial charge is 0.502 e. The molecule has 2 aliphatic rings. The number of aromatic hydroxyl groups is 1. The third-order valence-corrected chi connectivity index (χ3v) is 5.02. The van der Waals surface area contributed by atoms with Crippen LogP contribution < -0.4 is 5.43 Å². The molecule has 24 heavy (non-hydrogen) atoms. The molecule has 1 unspecified atom stereocenters. The Kier molecular flexibility index (Phi) is 5.56. The zero-order chi connectivity index (χ0) is 16.9. The molecule has 132 valence electrons. The molecule has 1 N–H and O–H groups in total. The van der Waals surface area contributed by atoms with Gasteiger partial charge in [0.05, 0.1) is 12.5 Å². The molecule has 1 aromatic heterocycles. The van der Waals surface area contributed by atoms with Gasteiger partial charge in [0, 0.05) is 25.7 Å². The molecule has 0 aliphatic carbocycles. The van der Waals surface area contributed by atoms with Crippen LogP contribution in [0.15, 0.2) is 21.5 Å². The first-order valence-corrected chi connectivity index (χ1v) is 8.95. The van der Waals surface area contributed by atoms with Crippen molar-refractivity contribution in [2.24, 2.45) is 5.92 Å². The molecule has 0 bridgehead atoms. The van der Waals surface area contributed by atoms with Gasteiger partial charge in [-0.05, 0) is 32.2 Å². The van der Waals surface area contributed by atoms with Gasteiger partial charge in [0.15, 0.2) is 5.75 Å². The second kappa shape index (κ2) is 7.83. The summed E-state index contributed by atoms with van der Waals surface area (Å²) in [5, 5.41) is 9.26. The van der Waals surface area contributed by atoms with Crippen molar-refractivity contribution >= 4 is 5.91 Å². The second-order valence-electron chi connectivity index (χ2n) is 6.91. The molecule has 2 fully saturated rings. The number of rotatable bonds is 3. The summed E-state index contributed by atoms with van der Waals surface area (Å²) in [5.41, 5.74) is -0.426. The Hall–Kier alpha value is -1.82. The maximum absolute atomic E-state index is 12.8. The van der Waals surface area contributed by atoms with Gasteiger partial charge in [0.1, 0.15) is 12.0 Å². The first kappa shape index (κ1) is 17.0. The average Bonchev–Trinajstić information content (AvgIpc) is 2.87. The quantitative estimate of drug-likeness (QED) is 0.915. The molecule has 1 amide bonds. The van der Waals surface area contributed by atoms with Crippen molar-refractivity contribution < 1.29 is 14.3 Å². The van der Waals surface area contributed by atoms with E-state index in [2.05, 4.69) is 4.90 Å². The fraction of sp³-hybridized carbons (Fsp3) is 0.667. The molecule has 0 radical (unpaired) electrons. The smallest absolute Gasteiger partial charge is 0.226 e. The number of likely N-dealkylation sites (tertiary alicyclic amines) is 2. The maximum Gasteiger partial charge on any atom is 0.226 e. The van der Waals surface area contributed by atoms with Crippen LogP contribution in [-0.4, -0.2) is 47.0 Å². The van der Waals surface area contributed by atoms with E-state index in [-0.39, 0.29) is 17.6 Å². The molecule has 3 heterocycles. The van der Waals surface area contributed by atoms with E-state index >= 15 is 0 Å². The third kappa shape index (κ3) is 4.17. The van der Waals surface area contributed by atoms with Gasteiger partial charge in [0.2, 0.25) is 11.3 Å². The molecule has 6 nitrogen and oxygen atoms in total. The highest BCUT2D eigenvalue weighted by atomic mass is 16.4. The van der Waals surface area contributed by atoms with Gasteiger partial charge < -0.3 is 14.4 Å². The first-order chi connectivity index (χ1) is 11.6. The van der Waals surface area contributed by atoms with E-state index in [4.69, 9.17) is 4.42 Å². The SMILES string of the molecule is O=C(C1CCCN(Cc2cc(=O)c(O)co2)C1)N1CCCCCC1. The first-order valence-electron chi connectivity index (χ1n) is 8.95. The number of amides is 1. The summed E-state index contributed by atoms with van der Waals surface area (Å²) in [6, 6.07) is 1.33. The van der Waals surface area contributed by atoms with Crippen molar-refractivity contribution in [1.82, 2.24) is 9.80 Å². The zero-order valence-corrected chi connectivity index (χ0v) is 14.1. The highest BCUT2D eigenvalue weighted by molar-refractivity contribution is 5.79. The topological polar surface area (TPSA) is 74.0 Å². The molecule has 1 aromatic rings. The molecular formula is C18H26N2O4. The fourth-order valence-electron chi connectivity index (χ4n) is 3.70. The Balaban J connectivity index is 1.60. The predicted molar refractivity (Wildman–Crippen MR) is 89.7 cm³/mol. The molecular weight excluding hydrogens is 308 g/mol. The molecule has 2 aliphatic heterocycles. The van der Waals surface area contributed by atoms with E-state index in [9.17, 15) is 14.7 Å². The molecule has 3 rings (SSSR count). The van der Waals surface area contributed by atoms with Crippen LogP contribution in [-0.2, 0) is 11.3 Å². The average molecular weight is 334 g/mol. The van der Waals surface area contributed by atoms with E-state index < -0.39 is 5.43 Å². The summed E-state index contributed by atoms with van der Waals surface area (Å²) in [7, 11) is 0. The van der Waals surface area contributed by atoms with Crippen molar-refractivity contribution in [3.63, 3.8) is 0 Å². The lowest BCUT2D eigenvalue weighted by atomic mass is 9.96. The molecule has 0 aromatic carbocycles. The van der Waals surface area contributed by atoms with Crippen molar-refractivity contribution in [2.75, 3.05) is 26.2 Å². The molecule has 1 atom stereocenters. The molecule has 6 heteroatoms. The minimum Gasteiger partial charge on any atom is -0.502 e. The Morgan fingerprint density at radius 2 is 1.92 bits per heavy atom. The van der Waals surface area contributed by atoms with E-state index in [0.29, 0.717) is 18.8 Å². The summed E-state index contributed by atoms with van der Waals surface area (Å²) >= 11 is 0. The number of carbonyl (C=O) groups excluding carboxylic acids is 1. The molecule has 0 saturated carbocycles. The van der Waals surface area contributed by atoms with Gasteiger partial charge in [-0.2, -0.15) is 0 Å². The monoisotopic (exact) mass is 334 g/mol. The summed E-state index contributed by atoms with van der Waals surface area (Å²) in [5.74, 6) is 0.488. The van der Waals surface area contributed by atoms with Crippen LogP contribution in [0.2, 0.25) is 0 Å². The maximum atomic E-state index is 12.8. The highest BCUT2D eigenvalue weighted by Gasteiger charge is 2.29. The second-order valence-corrected chi connectivity index (χ2v) is 6.91. The van der Waals surface area contributed by atoms with E-state index in [1.54, 1.807) is 0 Å². The highest BCUT2D eigenvalue weighted by Crippen LogP contribution is 2.22. The van der Waals surface area contributed by atoms with Gasteiger partial charge in [0.25, 0.3) is 0 Å². The number of piperidine rings is 1. The lowest BCUT2D eigenvalue weighted by molar-refractivity contribution is -0.137. The summed E-state index contributed by atoms with van der Waals surface area (Å²) in [6.45, 7) is 3.89. The minimum absolute atomic E-state index is 0.0423. The zero-order valence-electron chi connectivity index (χ0n) is 14.1. The van der Waals surface area contributed by atoms with E-state index in [0.717, 1.165) is 51.6 Å². The lowest BCUT2D eigenvalue weighted by Gasteiger charge is -2.34. The predicted octanol–water partition coefficient (Wildman–Crippen LogP) is 1.96. The Morgan fingerprint density at radius 1 is 1.17 bits per heavy atom. The van der Waals surface area contributed by atoms with E-state index in [1.165, 1.54) is 18.9 Å². The van der Waals surface area contributed by atoms with E-state index in [1.807, 2.05) is 4.90 Å². The minimum atomic E-state index is -0.426. The van der Waals surface area contributed by atoms with Crippen molar-refractivity contribution in [3.8, 4) is 5.75 Å². The number of nitrogens with zero attached hydrogens (tertiary/aromatic N) is 2. The van der Waals surface area contributed by atoms with Gasteiger partial charge in [-0.15, -0.1) is 0 Å². The number of carbonyl (C=O) groups is 1. The fourth-order valence-corrected chi connectivity index (χ4v) is 3.70. The van der Waals surface area contributed by atoms with Crippen LogP contribution in [0.3, 0.4) is 0 Å². The standard InChI is InChI=1S/C18H26N2O4/c21-16-10-15(24-13-17(16)22)12-19-7-5-6-14(11-19)18(23)20-8-3-1-2-4-9-20/h10,13-14,22H,1-9,11-12H2. The van der Waals surface area contributed by atoms with Crippen molar-refractivity contribution in [2.45, 2.75) is 45.1 Å². The summed E-state index contributed by atoms with van der Waals surface area (Å²) in [6.07, 6.45) is 7.67. The third-order valence-electron chi connectivity index (χ3n) is 5.02. The van der Waals surface area contributed by atoms with Crippen LogP contribution in [0.4, 0.5) is 0 Å². The van der Waals surface area contributed by atoms with Crippen LogP contribution >= 0.6 is 0 Å². The van der Waals surface area contributed by atoms with Crippen LogP contribution in [0, 0.1) is 5.92 Å². The Labute approximate surface area is 142 Å². The van der Waals surface area contributed by atoms with Crippen molar-refractivity contribution in [3.05, 3.63) is 28.3 Å². The van der Waals surface area contributed by atoms with Gasteiger partial charge >= 0.3 is 0 Å². The summed E-state index contributed by atoms with van der Waals surface area (Å²) < 4.78 is 5.28. The van der Waals surface area contributed by atoms with Crippen LogP contribution in [0.1, 0.15) is 44.3 Å².